The van der Waals surface area contributed by atoms with Crippen molar-refractivity contribution in [2.24, 2.45) is 5.92 Å². The first-order valence-electron chi connectivity index (χ1n) is 9.83. The minimum Gasteiger partial charge on any atom is -0.371 e. The third kappa shape index (κ3) is 4.05. The van der Waals surface area contributed by atoms with E-state index in [-0.39, 0.29) is 23.3 Å². The van der Waals surface area contributed by atoms with E-state index in [9.17, 15) is 9.59 Å². The van der Waals surface area contributed by atoms with E-state index in [4.69, 9.17) is 4.74 Å². The lowest BCUT2D eigenvalue weighted by Crippen LogP contribution is -2.59. The van der Waals surface area contributed by atoms with E-state index in [1.54, 1.807) is 12.7 Å². The van der Waals surface area contributed by atoms with Crippen LogP contribution in [0.3, 0.4) is 0 Å². The van der Waals surface area contributed by atoms with E-state index in [1.807, 2.05) is 14.4 Å². The first-order valence-corrected chi connectivity index (χ1v) is 9.83. The summed E-state index contributed by atoms with van der Waals surface area (Å²) < 4.78 is 7.94. The van der Waals surface area contributed by atoms with Crippen molar-refractivity contribution < 1.29 is 14.3 Å². The van der Waals surface area contributed by atoms with Crippen LogP contribution in [-0.4, -0.2) is 74.8 Å². The smallest absolute Gasteiger partial charge is 0.226 e. The molecule has 2 saturated heterocycles. The van der Waals surface area contributed by atoms with Gasteiger partial charge in [0.25, 0.3) is 0 Å². The van der Waals surface area contributed by atoms with Gasteiger partial charge in [0.15, 0.2) is 0 Å². The quantitative estimate of drug-likeness (QED) is 0.731. The molecule has 0 bridgehead atoms. The van der Waals surface area contributed by atoms with Crippen molar-refractivity contribution in [3.63, 3.8) is 0 Å². The van der Waals surface area contributed by atoms with Gasteiger partial charge < -0.3 is 19.1 Å². The lowest BCUT2D eigenvalue weighted by molar-refractivity contribution is -0.165. The monoisotopic (exact) mass is 373 g/mol. The van der Waals surface area contributed by atoms with Crippen LogP contribution in [-0.2, 0) is 20.9 Å². The highest BCUT2D eigenvalue weighted by Crippen LogP contribution is 2.32. The number of allylic oxidation sites excluding steroid dienone is 2. The molecule has 0 saturated carbocycles. The number of carbonyl (C=O) groups excluding carboxylic acids is 2. The highest BCUT2D eigenvalue weighted by molar-refractivity contribution is 5.80. The minimum atomic E-state index is -0.287. The van der Waals surface area contributed by atoms with Crippen LogP contribution in [0.25, 0.3) is 0 Å². The maximum Gasteiger partial charge on any atom is 0.226 e. The van der Waals surface area contributed by atoms with Gasteiger partial charge in [-0.25, -0.2) is 0 Å². The van der Waals surface area contributed by atoms with Crippen LogP contribution in [0.5, 0.6) is 0 Å². The molecule has 1 spiro atoms. The summed E-state index contributed by atoms with van der Waals surface area (Å²) in [5.74, 6) is 0.522. The Labute approximate surface area is 159 Å². The molecule has 146 valence electrons. The number of carbonyl (C=O) groups is 2. The van der Waals surface area contributed by atoms with Crippen LogP contribution in [0.4, 0.5) is 0 Å². The number of hydrogen-bond donors (Lipinski definition) is 0. The molecular weight excluding hydrogens is 346 g/mol. The molecule has 0 unspecified atom stereocenters. The molecule has 2 amide bonds. The van der Waals surface area contributed by atoms with E-state index < -0.39 is 0 Å². The van der Waals surface area contributed by atoms with E-state index in [2.05, 4.69) is 22.3 Å². The minimum absolute atomic E-state index is 0.111. The Bertz CT molecular complexity index is 686. The first kappa shape index (κ1) is 18.2. The summed E-state index contributed by atoms with van der Waals surface area (Å²) in [6.07, 6.45) is 11.2. The highest BCUT2D eigenvalue weighted by Gasteiger charge is 2.42. The van der Waals surface area contributed by atoms with Gasteiger partial charge in [0.2, 0.25) is 11.8 Å². The number of ether oxygens (including phenoxy) is 1. The summed E-state index contributed by atoms with van der Waals surface area (Å²) in [4.78, 5) is 29.1. The zero-order valence-corrected chi connectivity index (χ0v) is 15.6. The Balaban J connectivity index is 1.28. The molecule has 0 N–H and O–H groups in total. The SMILES string of the molecule is O=C(CCn1cnnc1)N1CCC2(CC1)CN(C(=O)C1CC=CC1)CCO2. The lowest BCUT2D eigenvalue weighted by atomic mass is 9.88. The number of nitrogens with zero attached hydrogens (tertiary/aromatic N) is 5. The Hall–Kier alpha value is -2.22. The van der Waals surface area contributed by atoms with Crippen LogP contribution in [0.15, 0.2) is 24.8 Å². The van der Waals surface area contributed by atoms with Crippen molar-refractivity contribution >= 4 is 11.8 Å². The fourth-order valence-corrected chi connectivity index (χ4v) is 4.30. The standard InChI is InChI=1S/C19H27N5O3/c25-17(5-8-22-14-20-21-15-22)23-9-6-19(7-10-23)13-24(11-12-27-19)18(26)16-3-1-2-4-16/h1-2,14-16H,3-13H2. The maximum atomic E-state index is 12.7. The number of rotatable bonds is 4. The average Bonchev–Trinajstić information content (AvgIpc) is 3.40. The molecule has 8 nitrogen and oxygen atoms in total. The van der Waals surface area contributed by atoms with Crippen LogP contribution in [0, 0.1) is 5.92 Å². The van der Waals surface area contributed by atoms with Gasteiger partial charge >= 0.3 is 0 Å². The third-order valence-corrected chi connectivity index (χ3v) is 6.00. The van der Waals surface area contributed by atoms with Crippen molar-refractivity contribution in [3.8, 4) is 0 Å². The zero-order chi connectivity index (χ0) is 18.7. The largest absolute Gasteiger partial charge is 0.371 e. The van der Waals surface area contributed by atoms with Gasteiger partial charge in [0.1, 0.15) is 12.7 Å². The molecule has 3 aliphatic rings. The van der Waals surface area contributed by atoms with Gasteiger partial charge in [-0.05, 0) is 25.7 Å². The van der Waals surface area contributed by atoms with E-state index in [0.717, 1.165) is 25.7 Å². The van der Waals surface area contributed by atoms with Crippen molar-refractivity contribution in [1.82, 2.24) is 24.6 Å². The van der Waals surface area contributed by atoms with Crippen molar-refractivity contribution in [3.05, 3.63) is 24.8 Å². The molecule has 0 radical (unpaired) electrons. The van der Waals surface area contributed by atoms with Crippen LogP contribution < -0.4 is 0 Å². The maximum absolute atomic E-state index is 12.7. The van der Waals surface area contributed by atoms with Gasteiger partial charge in [-0.1, -0.05) is 12.2 Å². The number of piperidine rings is 1. The fraction of sp³-hybridized carbons (Fsp3) is 0.684. The molecule has 8 heteroatoms. The van der Waals surface area contributed by atoms with E-state index >= 15 is 0 Å². The molecule has 0 aromatic carbocycles. The second kappa shape index (κ2) is 7.80. The first-order chi connectivity index (χ1) is 13.2. The lowest BCUT2D eigenvalue weighted by Gasteiger charge is -2.47. The van der Waals surface area contributed by atoms with E-state index in [0.29, 0.717) is 45.8 Å². The zero-order valence-electron chi connectivity index (χ0n) is 15.6. The van der Waals surface area contributed by atoms with Gasteiger partial charge in [0.05, 0.1) is 12.2 Å². The Kier molecular flexibility index (Phi) is 5.24. The number of morpholine rings is 1. The van der Waals surface area contributed by atoms with Crippen LogP contribution in [0.1, 0.15) is 32.1 Å². The second-order valence-electron chi connectivity index (χ2n) is 7.76. The van der Waals surface area contributed by atoms with Gasteiger partial charge in [-0.2, -0.15) is 0 Å². The summed E-state index contributed by atoms with van der Waals surface area (Å²) in [5, 5.41) is 7.51. The van der Waals surface area contributed by atoms with Crippen molar-refractivity contribution in [2.75, 3.05) is 32.8 Å². The van der Waals surface area contributed by atoms with Gasteiger partial charge in [-0.15, -0.1) is 10.2 Å². The normalized spacial score (nSPS) is 22.5. The molecule has 2 aliphatic heterocycles. The molecule has 3 heterocycles. The summed E-state index contributed by atoms with van der Waals surface area (Å²) in [6, 6.07) is 0. The summed E-state index contributed by atoms with van der Waals surface area (Å²) in [6.45, 7) is 3.90. The summed E-state index contributed by atoms with van der Waals surface area (Å²) in [7, 11) is 0. The van der Waals surface area contributed by atoms with Crippen LogP contribution >= 0.6 is 0 Å². The van der Waals surface area contributed by atoms with Crippen molar-refractivity contribution in [1.29, 1.82) is 0 Å². The number of hydrogen-bond acceptors (Lipinski definition) is 5. The van der Waals surface area contributed by atoms with Crippen LogP contribution in [0.2, 0.25) is 0 Å². The average molecular weight is 373 g/mol. The predicted molar refractivity (Wildman–Crippen MR) is 97.6 cm³/mol. The third-order valence-electron chi connectivity index (χ3n) is 6.00. The Morgan fingerprint density at radius 2 is 1.74 bits per heavy atom. The molecule has 4 rings (SSSR count). The molecule has 27 heavy (non-hydrogen) atoms. The fourth-order valence-electron chi connectivity index (χ4n) is 4.30. The topological polar surface area (TPSA) is 80.6 Å². The van der Waals surface area contributed by atoms with Crippen molar-refractivity contribution in [2.45, 2.75) is 44.2 Å². The highest BCUT2D eigenvalue weighted by atomic mass is 16.5. The molecule has 1 aliphatic carbocycles. The Morgan fingerprint density at radius 3 is 2.44 bits per heavy atom. The van der Waals surface area contributed by atoms with Gasteiger partial charge in [-0.3, -0.25) is 9.59 Å². The summed E-state index contributed by atoms with van der Waals surface area (Å²) in [5.41, 5.74) is -0.287. The number of likely N-dealkylation sites (tertiary alicyclic amines) is 1. The number of amides is 2. The van der Waals surface area contributed by atoms with Gasteiger partial charge in [0, 0.05) is 45.1 Å². The molecule has 0 atom stereocenters. The molecule has 1 aromatic heterocycles. The Morgan fingerprint density at radius 1 is 1.04 bits per heavy atom. The molecule has 1 aromatic rings. The number of aryl methyl sites for hydroxylation is 1. The second-order valence-corrected chi connectivity index (χ2v) is 7.76. The molecular formula is C19H27N5O3. The predicted octanol–water partition coefficient (Wildman–Crippen LogP) is 0.854. The number of aromatic nitrogens is 3. The molecule has 2 fully saturated rings. The summed E-state index contributed by atoms with van der Waals surface area (Å²) >= 11 is 0. The van der Waals surface area contributed by atoms with E-state index in [1.165, 1.54) is 0 Å².